The number of phenols is 1. The largest absolute Gasteiger partial charge is 0.508 e. The SMILES string of the molecule is CC(C)(N)CCN1CCN(c2ccc(O)cc2)C1=O. The average molecular weight is 263 g/mol. The molecule has 5 heteroatoms. The zero-order valence-electron chi connectivity index (χ0n) is 11.5. The molecule has 0 radical (unpaired) electrons. The highest BCUT2D eigenvalue weighted by atomic mass is 16.3. The van der Waals surface area contributed by atoms with E-state index in [9.17, 15) is 9.90 Å². The normalized spacial score (nSPS) is 16.3. The van der Waals surface area contributed by atoms with Crippen molar-refractivity contribution < 1.29 is 9.90 Å². The van der Waals surface area contributed by atoms with Crippen LogP contribution in [0.2, 0.25) is 0 Å². The van der Waals surface area contributed by atoms with Gasteiger partial charge < -0.3 is 15.7 Å². The minimum Gasteiger partial charge on any atom is -0.508 e. The van der Waals surface area contributed by atoms with E-state index in [2.05, 4.69) is 0 Å². The van der Waals surface area contributed by atoms with E-state index in [1.54, 1.807) is 29.2 Å². The van der Waals surface area contributed by atoms with E-state index in [1.165, 1.54) is 0 Å². The van der Waals surface area contributed by atoms with Crippen LogP contribution >= 0.6 is 0 Å². The maximum absolute atomic E-state index is 12.3. The van der Waals surface area contributed by atoms with Crippen molar-refractivity contribution in [3.05, 3.63) is 24.3 Å². The first kappa shape index (κ1) is 13.7. The molecule has 1 aliphatic rings. The molecule has 1 heterocycles. The second kappa shape index (κ2) is 5.09. The third kappa shape index (κ3) is 3.38. The summed E-state index contributed by atoms with van der Waals surface area (Å²) >= 11 is 0. The molecule has 19 heavy (non-hydrogen) atoms. The standard InChI is InChI=1S/C14H21N3O2/c1-14(2,15)7-8-16-9-10-17(13(16)19)11-3-5-12(18)6-4-11/h3-6,18H,7-10,15H2,1-2H3. The topological polar surface area (TPSA) is 69.8 Å². The van der Waals surface area contributed by atoms with Gasteiger partial charge in [0.25, 0.3) is 0 Å². The summed E-state index contributed by atoms with van der Waals surface area (Å²) in [5.41, 5.74) is 6.50. The molecule has 1 fully saturated rings. The van der Waals surface area contributed by atoms with E-state index in [1.807, 2.05) is 18.7 Å². The Kier molecular flexibility index (Phi) is 3.66. The fourth-order valence-electron chi connectivity index (χ4n) is 2.09. The van der Waals surface area contributed by atoms with Gasteiger partial charge in [-0.1, -0.05) is 0 Å². The second-order valence-corrected chi connectivity index (χ2v) is 5.68. The third-order valence-electron chi connectivity index (χ3n) is 3.28. The van der Waals surface area contributed by atoms with Crippen LogP contribution in [0, 0.1) is 0 Å². The predicted octanol–water partition coefficient (Wildman–Crippen LogP) is 1.76. The fraction of sp³-hybridized carbons (Fsp3) is 0.500. The van der Waals surface area contributed by atoms with E-state index in [4.69, 9.17) is 5.73 Å². The Hall–Kier alpha value is -1.75. The molecule has 0 spiro atoms. The van der Waals surface area contributed by atoms with Crippen molar-refractivity contribution in [2.75, 3.05) is 24.5 Å². The van der Waals surface area contributed by atoms with Gasteiger partial charge in [0.2, 0.25) is 0 Å². The van der Waals surface area contributed by atoms with Gasteiger partial charge in [0.05, 0.1) is 0 Å². The van der Waals surface area contributed by atoms with Crippen molar-refractivity contribution in [3.63, 3.8) is 0 Å². The van der Waals surface area contributed by atoms with Crippen LogP contribution < -0.4 is 10.6 Å². The van der Waals surface area contributed by atoms with Crippen LogP contribution in [0.15, 0.2) is 24.3 Å². The van der Waals surface area contributed by atoms with Crippen molar-refractivity contribution in [3.8, 4) is 5.75 Å². The maximum Gasteiger partial charge on any atom is 0.324 e. The highest BCUT2D eigenvalue weighted by molar-refractivity contribution is 5.94. The summed E-state index contributed by atoms with van der Waals surface area (Å²) in [6, 6.07) is 6.70. The van der Waals surface area contributed by atoms with Crippen LogP contribution in [0.1, 0.15) is 20.3 Å². The molecule has 0 aliphatic carbocycles. The first-order valence-corrected chi connectivity index (χ1v) is 6.51. The molecular weight excluding hydrogens is 242 g/mol. The van der Waals surface area contributed by atoms with Gasteiger partial charge in [-0.05, 0) is 44.5 Å². The molecule has 1 aromatic carbocycles. The predicted molar refractivity (Wildman–Crippen MR) is 75.3 cm³/mol. The van der Waals surface area contributed by atoms with Gasteiger partial charge in [0.1, 0.15) is 5.75 Å². The lowest BCUT2D eigenvalue weighted by molar-refractivity contribution is 0.216. The molecule has 2 amide bonds. The molecule has 2 rings (SSSR count). The maximum atomic E-state index is 12.3. The Morgan fingerprint density at radius 2 is 1.89 bits per heavy atom. The number of urea groups is 1. The van der Waals surface area contributed by atoms with E-state index in [0.717, 1.165) is 18.7 Å². The first-order chi connectivity index (χ1) is 8.87. The van der Waals surface area contributed by atoms with Crippen molar-refractivity contribution >= 4 is 11.7 Å². The molecule has 0 aromatic heterocycles. The number of nitrogens with zero attached hydrogens (tertiary/aromatic N) is 2. The van der Waals surface area contributed by atoms with E-state index in [0.29, 0.717) is 13.1 Å². The summed E-state index contributed by atoms with van der Waals surface area (Å²) in [5, 5.41) is 9.26. The molecule has 0 saturated carbocycles. The molecule has 5 nitrogen and oxygen atoms in total. The second-order valence-electron chi connectivity index (χ2n) is 5.68. The number of benzene rings is 1. The monoisotopic (exact) mass is 263 g/mol. The number of hydrogen-bond donors (Lipinski definition) is 2. The number of anilines is 1. The molecule has 0 unspecified atom stereocenters. The van der Waals surface area contributed by atoms with Crippen molar-refractivity contribution in [2.24, 2.45) is 5.73 Å². The van der Waals surface area contributed by atoms with Crippen LogP contribution in [0.4, 0.5) is 10.5 Å². The van der Waals surface area contributed by atoms with Gasteiger partial charge in [0.15, 0.2) is 0 Å². The molecule has 3 N–H and O–H groups in total. The van der Waals surface area contributed by atoms with Crippen molar-refractivity contribution in [1.29, 1.82) is 0 Å². The summed E-state index contributed by atoms with van der Waals surface area (Å²) in [4.78, 5) is 15.8. The lowest BCUT2D eigenvalue weighted by Crippen LogP contribution is -2.39. The van der Waals surface area contributed by atoms with Gasteiger partial charge in [-0.2, -0.15) is 0 Å². The van der Waals surface area contributed by atoms with Gasteiger partial charge in [-0.25, -0.2) is 4.79 Å². The minimum atomic E-state index is -0.258. The summed E-state index contributed by atoms with van der Waals surface area (Å²) in [6.07, 6.45) is 0.780. The number of phenolic OH excluding ortho intramolecular Hbond substituents is 1. The van der Waals surface area contributed by atoms with Crippen LogP contribution in [-0.4, -0.2) is 41.2 Å². The highest BCUT2D eigenvalue weighted by Gasteiger charge is 2.30. The zero-order valence-corrected chi connectivity index (χ0v) is 11.5. The van der Waals surface area contributed by atoms with Crippen molar-refractivity contribution in [2.45, 2.75) is 25.8 Å². The van der Waals surface area contributed by atoms with Gasteiger partial charge in [0, 0.05) is 30.9 Å². The molecule has 1 saturated heterocycles. The Morgan fingerprint density at radius 1 is 1.26 bits per heavy atom. The van der Waals surface area contributed by atoms with E-state index >= 15 is 0 Å². The first-order valence-electron chi connectivity index (χ1n) is 6.51. The molecule has 0 bridgehead atoms. The summed E-state index contributed by atoms with van der Waals surface area (Å²) in [7, 11) is 0. The third-order valence-corrected chi connectivity index (χ3v) is 3.28. The smallest absolute Gasteiger partial charge is 0.324 e. The summed E-state index contributed by atoms with van der Waals surface area (Å²) in [6.45, 7) is 6.00. The Labute approximate surface area is 113 Å². The lowest BCUT2D eigenvalue weighted by atomic mass is 10.0. The average Bonchev–Trinajstić information content (AvgIpc) is 2.68. The van der Waals surface area contributed by atoms with Crippen molar-refractivity contribution in [1.82, 2.24) is 4.90 Å². The minimum absolute atomic E-state index is 0.00920. The molecular formula is C14H21N3O2. The van der Waals surface area contributed by atoms with Gasteiger partial charge in [-0.15, -0.1) is 0 Å². The number of hydrogen-bond acceptors (Lipinski definition) is 3. The number of amides is 2. The molecule has 0 atom stereocenters. The number of rotatable bonds is 4. The quantitative estimate of drug-likeness (QED) is 0.869. The van der Waals surface area contributed by atoms with E-state index in [-0.39, 0.29) is 17.3 Å². The van der Waals surface area contributed by atoms with Crippen LogP contribution in [0.3, 0.4) is 0 Å². The zero-order chi connectivity index (χ0) is 14.0. The number of aromatic hydroxyl groups is 1. The molecule has 1 aromatic rings. The van der Waals surface area contributed by atoms with Crippen LogP contribution in [0.25, 0.3) is 0 Å². The molecule has 1 aliphatic heterocycles. The number of carbonyl (C=O) groups is 1. The van der Waals surface area contributed by atoms with Gasteiger partial charge >= 0.3 is 6.03 Å². The van der Waals surface area contributed by atoms with Gasteiger partial charge in [-0.3, -0.25) is 4.90 Å². The number of nitrogens with two attached hydrogens (primary N) is 1. The molecule has 104 valence electrons. The Bertz CT molecular complexity index is 451. The highest BCUT2D eigenvalue weighted by Crippen LogP contribution is 2.23. The Balaban J connectivity index is 2.00. The summed E-state index contributed by atoms with van der Waals surface area (Å²) in [5.74, 6) is 0.206. The fourth-order valence-corrected chi connectivity index (χ4v) is 2.09. The van der Waals surface area contributed by atoms with Crippen LogP contribution in [0.5, 0.6) is 5.75 Å². The van der Waals surface area contributed by atoms with E-state index < -0.39 is 0 Å². The summed E-state index contributed by atoms with van der Waals surface area (Å²) < 4.78 is 0. The lowest BCUT2D eigenvalue weighted by Gasteiger charge is -2.23. The number of carbonyl (C=O) groups excluding carboxylic acids is 1. The van der Waals surface area contributed by atoms with Crippen LogP contribution in [-0.2, 0) is 0 Å². The Morgan fingerprint density at radius 3 is 2.47 bits per heavy atom.